The predicted molar refractivity (Wildman–Crippen MR) is 43.8 cm³/mol. The van der Waals surface area contributed by atoms with Gasteiger partial charge in [-0.2, -0.15) is 0 Å². The predicted octanol–water partition coefficient (Wildman–Crippen LogP) is 0.0899. The van der Waals surface area contributed by atoms with E-state index in [0.717, 1.165) is 0 Å². The Morgan fingerprint density at radius 1 is 1.25 bits per heavy atom. The molecule has 66 valence electrons. The summed E-state index contributed by atoms with van der Waals surface area (Å²) in [4.78, 5) is 0. The molecule has 0 saturated carbocycles. The Kier molecular flexibility index (Phi) is 2.52. The van der Waals surface area contributed by atoms with Gasteiger partial charge in [0, 0.05) is 6.54 Å². The van der Waals surface area contributed by atoms with Crippen LogP contribution in [0.1, 0.15) is 11.7 Å². The topological polar surface area (TPSA) is 86.7 Å². The molecule has 5 N–H and O–H groups in total. The average Bonchev–Trinajstić information content (AvgIpc) is 2.08. The van der Waals surface area contributed by atoms with Crippen molar-refractivity contribution in [2.24, 2.45) is 5.73 Å². The average molecular weight is 168 g/mol. The number of nitrogens with two attached hydrogens (primary N) is 1. The molecular formula is C8H11NO3. The third-order valence-corrected chi connectivity index (χ3v) is 1.61. The summed E-state index contributed by atoms with van der Waals surface area (Å²) >= 11 is 0. The molecule has 4 heteroatoms. The van der Waals surface area contributed by atoms with Crippen molar-refractivity contribution in [2.45, 2.75) is 6.10 Å². The lowest BCUT2D eigenvalue weighted by atomic mass is 9.91. The van der Waals surface area contributed by atoms with Gasteiger partial charge in [-0.1, -0.05) is 6.07 Å². The molecule has 4 nitrogen and oxygen atoms in total. The standard InChI is InChI=1S/C8H11NO3/c9-4-8(12)5-1-2-6(10)7(11)3-5/h1-3,8,10-12H,4,9H2/t8-/m0/s1/i4-1. The largest absolute Gasteiger partial charge is 0.504 e. The zero-order valence-electron chi connectivity index (χ0n) is 6.44. The van der Waals surface area contributed by atoms with Crippen molar-refractivity contribution in [1.82, 2.24) is 0 Å². The molecule has 1 atom stereocenters. The number of aliphatic hydroxyl groups excluding tert-OH is 1. The van der Waals surface area contributed by atoms with Gasteiger partial charge >= 0.3 is 0 Å². The highest BCUT2D eigenvalue weighted by Crippen LogP contribution is 2.27. The summed E-state index contributed by atoms with van der Waals surface area (Å²) in [5, 5.41) is 27.2. The maximum Gasteiger partial charge on any atom is 0.157 e. The number of aromatic hydroxyl groups is 2. The molecule has 0 aliphatic carbocycles. The first-order chi connectivity index (χ1) is 5.65. The summed E-state index contributed by atoms with van der Waals surface area (Å²) in [6.45, 7) is 0.0875. The van der Waals surface area contributed by atoms with E-state index >= 15 is 0 Å². The van der Waals surface area contributed by atoms with Crippen LogP contribution in [0, 0.1) is 0 Å². The van der Waals surface area contributed by atoms with E-state index in [1.165, 1.54) is 18.2 Å². The van der Waals surface area contributed by atoms with Crippen LogP contribution < -0.4 is 5.73 Å². The maximum atomic E-state index is 9.23. The number of aliphatic hydroxyl groups is 1. The summed E-state index contributed by atoms with van der Waals surface area (Å²) < 4.78 is 0. The Labute approximate surface area is 69.9 Å². The van der Waals surface area contributed by atoms with Crippen molar-refractivity contribution < 1.29 is 15.3 Å². The van der Waals surface area contributed by atoms with Crippen molar-refractivity contribution >= 4 is 0 Å². The van der Waals surface area contributed by atoms with Crippen LogP contribution in [-0.4, -0.2) is 21.9 Å². The highest BCUT2D eigenvalue weighted by atomic mass is 16.3. The van der Waals surface area contributed by atoms with Crippen molar-refractivity contribution in [2.75, 3.05) is 6.54 Å². The molecule has 0 aliphatic heterocycles. The summed E-state index contributed by atoms with van der Waals surface area (Å²) in [5.41, 5.74) is 5.69. The van der Waals surface area contributed by atoms with E-state index in [1.807, 2.05) is 0 Å². The van der Waals surface area contributed by atoms with E-state index in [0.29, 0.717) is 5.56 Å². The van der Waals surface area contributed by atoms with Crippen LogP contribution in [0.4, 0.5) is 0 Å². The number of phenols is 2. The van der Waals surface area contributed by atoms with Crippen LogP contribution in [0.25, 0.3) is 0 Å². The molecule has 0 spiro atoms. The van der Waals surface area contributed by atoms with Crippen LogP contribution in [0.5, 0.6) is 11.5 Å². The second-order valence-corrected chi connectivity index (χ2v) is 2.50. The van der Waals surface area contributed by atoms with Crippen LogP contribution >= 0.6 is 0 Å². The van der Waals surface area contributed by atoms with Gasteiger partial charge in [0.1, 0.15) is 0 Å². The van der Waals surface area contributed by atoms with E-state index in [-0.39, 0.29) is 18.0 Å². The number of hydrogen-bond donors (Lipinski definition) is 4. The normalized spacial score (nSPS) is 12.8. The lowest BCUT2D eigenvalue weighted by molar-refractivity contribution is 0.186. The molecule has 0 amide bonds. The molecule has 0 fully saturated rings. The van der Waals surface area contributed by atoms with Gasteiger partial charge in [0.05, 0.1) is 6.10 Å². The van der Waals surface area contributed by atoms with E-state index in [2.05, 4.69) is 0 Å². The minimum Gasteiger partial charge on any atom is -0.504 e. The Bertz CT molecular complexity index is 275. The lowest BCUT2D eigenvalue weighted by Crippen LogP contribution is -2.11. The first kappa shape index (κ1) is 8.83. The summed E-state index contributed by atoms with van der Waals surface area (Å²) in [6, 6.07) is 4.10. The van der Waals surface area contributed by atoms with Gasteiger partial charge in [0.2, 0.25) is 0 Å². The van der Waals surface area contributed by atoms with E-state index in [9.17, 15) is 5.11 Å². The quantitative estimate of drug-likeness (QED) is 0.471. The van der Waals surface area contributed by atoms with E-state index in [4.69, 9.17) is 15.9 Å². The minimum atomic E-state index is -0.795. The summed E-state index contributed by atoms with van der Waals surface area (Å²) in [7, 11) is 0. The monoisotopic (exact) mass is 168 g/mol. The maximum absolute atomic E-state index is 9.23. The van der Waals surface area contributed by atoms with Crippen molar-refractivity contribution in [3.63, 3.8) is 0 Å². The van der Waals surface area contributed by atoms with Crippen molar-refractivity contribution in [3.05, 3.63) is 23.8 Å². The summed E-state index contributed by atoms with van der Waals surface area (Å²) in [6.07, 6.45) is -0.795. The van der Waals surface area contributed by atoms with Crippen molar-refractivity contribution in [3.8, 4) is 11.5 Å². The Morgan fingerprint density at radius 3 is 2.42 bits per heavy atom. The molecule has 0 radical (unpaired) electrons. The van der Waals surface area contributed by atoms with E-state index in [1.54, 1.807) is 0 Å². The number of hydrogen-bond acceptors (Lipinski definition) is 4. The van der Waals surface area contributed by atoms with Gasteiger partial charge in [-0.05, 0) is 17.7 Å². The second-order valence-electron chi connectivity index (χ2n) is 2.50. The Balaban J connectivity index is 2.96. The Morgan fingerprint density at radius 2 is 1.92 bits per heavy atom. The second kappa shape index (κ2) is 3.42. The zero-order chi connectivity index (χ0) is 9.14. The molecule has 0 bridgehead atoms. The van der Waals surface area contributed by atoms with Gasteiger partial charge in [0.15, 0.2) is 11.5 Å². The minimum absolute atomic E-state index is 0.0875. The van der Waals surface area contributed by atoms with Gasteiger partial charge in [0.25, 0.3) is 0 Å². The first-order valence-corrected chi connectivity index (χ1v) is 3.55. The number of rotatable bonds is 2. The number of benzene rings is 1. The molecule has 0 aromatic heterocycles. The fraction of sp³-hybridized carbons (Fsp3) is 0.250. The van der Waals surface area contributed by atoms with Gasteiger partial charge in [-0.3, -0.25) is 0 Å². The summed E-state index contributed by atoms with van der Waals surface area (Å²) in [5.74, 6) is -0.456. The molecule has 1 rings (SSSR count). The van der Waals surface area contributed by atoms with Gasteiger partial charge in [-0.15, -0.1) is 0 Å². The van der Waals surface area contributed by atoms with Crippen LogP contribution in [0.2, 0.25) is 0 Å². The molecule has 1 aromatic carbocycles. The lowest BCUT2D eigenvalue weighted by Gasteiger charge is -2.08. The molecule has 1 aromatic rings. The highest BCUT2D eigenvalue weighted by Gasteiger charge is 2.07. The van der Waals surface area contributed by atoms with Crippen molar-refractivity contribution in [1.29, 1.82) is 0 Å². The number of phenolic OH excluding ortho intramolecular Hbond substituents is 2. The molecular weight excluding hydrogens is 157 g/mol. The smallest absolute Gasteiger partial charge is 0.157 e. The van der Waals surface area contributed by atoms with Gasteiger partial charge < -0.3 is 21.1 Å². The third kappa shape index (κ3) is 1.66. The van der Waals surface area contributed by atoms with Crippen LogP contribution in [-0.2, 0) is 0 Å². The van der Waals surface area contributed by atoms with Crippen LogP contribution in [0.3, 0.4) is 0 Å². The molecule has 0 saturated heterocycles. The molecule has 12 heavy (non-hydrogen) atoms. The first-order valence-electron chi connectivity index (χ1n) is 3.55. The highest BCUT2D eigenvalue weighted by molar-refractivity contribution is 5.41. The SMILES string of the molecule is N[11CH2][C@H](O)c1ccc(O)c(O)c1. The fourth-order valence-electron chi connectivity index (χ4n) is 0.884. The van der Waals surface area contributed by atoms with Gasteiger partial charge in [-0.25, -0.2) is 0 Å². The fourth-order valence-corrected chi connectivity index (χ4v) is 0.884. The molecule has 0 aliphatic rings. The van der Waals surface area contributed by atoms with E-state index < -0.39 is 6.10 Å². The Hall–Kier alpha value is -1.26. The molecule has 0 heterocycles. The van der Waals surface area contributed by atoms with Crippen LogP contribution in [0.15, 0.2) is 18.2 Å². The zero-order valence-corrected chi connectivity index (χ0v) is 6.44. The third-order valence-electron chi connectivity index (χ3n) is 1.61. The molecule has 0 unspecified atom stereocenters.